The molecule has 0 radical (unpaired) electrons. The van der Waals surface area contributed by atoms with Crippen LogP contribution in [0.15, 0.2) is 18.2 Å². The molecule has 1 heterocycles. The molecular weight excluding hydrogens is 243 g/mol. The van der Waals surface area contributed by atoms with Gasteiger partial charge in [-0.15, -0.1) is 0 Å². The third-order valence-corrected chi connectivity index (χ3v) is 3.45. The number of aliphatic hydroxyl groups is 1. The number of ether oxygens (including phenoxy) is 1. The molecule has 0 bridgehead atoms. The Bertz CT molecular complexity index is 378. The van der Waals surface area contributed by atoms with E-state index < -0.39 is 11.9 Å². The summed E-state index contributed by atoms with van der Waals surface area (Å²) in [6.45, 7) is 1.47. The highest BCUT2D eigenvalue weighted by Gasteiger charge is 2.20. The van der Waals surface area contributed by atoms with E-state index in [9.17, 15) is 9.50 Å². The van der Waals surface area contributed by atoms with Crippen LogP contribution in [0, 0.1) is 11.7 Å². The fraction of sp³-hybridized carbons (Fsp3) is 0.538. The van der Waals surface area contributed by atoms with Crippen LogP contribution in [0.3, 0.4) is 0 Å². The van der Waals surface area contributed by atoms with E-state index in [1.54, 1.807) is 12.1 Å². The van der Waals surface area contributed by atoms with Gasteiger partial charge < -0.3 is 9.84 Å². The van der Waals surface area contributed by atoms with E-state index in [4.69, 9.17) is 16.3 Å². The van der Waals surface area contributed by atoms with Crippen LogP contribution in [-0.2, 0) is 4.74 Å². The van der Waals surface area contributed by atoms with Crippen LogP contribution in [-0.4, -0.2) is 18.3 Å². The van der Waals surface area contributed by atoms with Crippen molar-refractivity contribution < 1.29 is 14.2 Å². The Kier molecular flexibility index (Phi) is 4.37. The molecule has 2 rings (SSSR count). The van der Waals surface area contributed by atoms with Gasteiger partial charge in [0.2, 0.25) is 0 Å². The van der Waals surface area contributed by atoms with Gasteiger partial charge in [-0.3, -0.25) is 0 Å². The van der Waals surface area contributed by atoms with Crippen LogP contribution in [0.5, 0.6) is 0 Å². The topological polar surface area (TPSA) is 29.5 Å². The SMILES string of the molecule is OC(CC1CCOCC1)c1ccc(Cl)cc1F. The molecule has 4 heteroatoms. The number of halogens is 2. The molecule has 1 atom stereocenters. The molecular formula is C13H16ClFO2. The summed E-state index contributed by atoms with van der Waals surface area (Å²) < 4.78 is 18.8. The van der Waals surface area contributed by atoms with E-state index in [1.165, 1.54) is 6.07 Å². The zero-order valence-corrected chi connectivity index (χ0v) is 10.3. The van der Waals surface area contributed by atoms with Crippen molar-refractivity contribution >= 4 is 11.6 Å². The van der Waals surface area contributed by atoms with E-state index in [0.717, 1.165) is 26.1 Å². The van der Waals surface area contributed by atoms with Crippen molar-refractivity contribution in [1.82, 2.24) is 0 Å². The number of hydrogen-bond donors (Lipinski definition) is 1. The number of rotatable bonds is 3. The van der Waals surface area contributed by atoms with Crippen LogP contribution in [0.1, 0.15) is 30.9 Å². The van der Waals surface area contributed by atoms with E-state index in [0.29, 0.717) is 22.9 Å². The number of aliphatic hydroxyl groups excluding tert-OH is 1. The lowest BCUT2D eigenvalue weighted by atomic mass is 9.91. The predicted molar refractivity (Wildman–Crippen MR) is 64.5 cm³/mol. The van der Waals surface area contributed by atoms with Crippen molar-refractivity contribution in [3.05, 3.63) is 34.6 Å². The maximum Gasteiger partial charge on any atom is 0.130 e. The third-order valence-electron chi connectivity index (χ3n) is 3.22. The molecule has 1 unspecified atom stereocenters. The summed E-state index contributed by atoms with van der Waals surface area (Å²) in [5.41, 5.74) is 0.334. The minimum atomic E-state index is -0.754. The highest BCUT2D eigenvalue weighted by molar-refractivity contribution is 6.30. The van der Waals surface area contributed by atoms with Crippen molar-refractivity contribution in [2.45, 2.75) is 25.4 Å². The number of hydrogen-bond acceptors (Lipinski definition) is 2. The van der Waals surface area contributed by atoms with Crippen LogP contribution in [0.2, 0.25) is 5.02 Å². The molecule has 1 aromatic rings. The molecule has 94 valence electrons. The zero-order valence-electron chi connectivity index (χ0n) is 9.53. The van der Waals surface area contributed by atoms with Gasteiger partial charge in [0.25, 0.3) is 0 Å². The second-order valence-electron chi connectivity index (χ2n) is 4.47. The fourth-order valence-electron chi connectivity index (χ4n) is 2.20. The molecule has 0 amide bonds. The quantitative estimate of drug-likeness (QED) is 0.901. The van der Waals surface area contributed by atoms with E-state index >= 15 is 0 Å². The van der Waals surface area contributed by atoms with Crippen molar-refractivity contribution in [2.24, 2.45) is 5.92 Å². The van der Waals surface area contributed by atoms with Crippen LogP contribution < -0.4 is 0 Å². The van der Waals surface area contributed by atoms with Gasteiger partial charge in [0.15, 0.2) is 0 Å². The molecule has 1 aromatic carbocycles. The van der Waals surface area contributed by atoms with E-state index in [1.807, 2.05) is 0 Å². The first kappa shape index (κ1) is 12.8. The average Bonchev–Trinajstić information content (AvgIpc) is 2.30. The molecule has 0 aliphatic carbocycles. The maximum absolute atomic E-state index is 13.6. The summed E-state index contributed by atoms with van der Waals surface area (Å²) in [7, 11) is 0. The van der Waals surface area contributed by atoms with Gasteiger partial charge in [-0.2, -0.15) is 0 Å². The smallest absolute Gasteiger partial charge is 0.130 e. The summed E-state index contributed by atoms with van der Waals surface area (Å²) in [6, 6.07) is 4.40. The summed E-state index contributed by atoms with van der Waals surface area (Å²) in [5.74, 6) is -0.0223. The monoisotopic (exact) mass is 258 g/mol. The zero-order chi connectivity index (χ0) is 12.3. The van der Waals surface area contributed by atoms with Crippen LogP contribution in [0.4, 0.5) is 4.39 Å². The molecule has 17 heavy (non-hydrogen) atoms. The van der Waals surface area contributed by atoms with Crippen LogP contribution in [0.25, 0.3) is 0 Å². The van der Waals surface area contributed by atoms with Crippen molar-refractivity contribution in [3.63, 3.8) is 0 Å². The molecule has 2 nitrogen and oxygen atoms in total. The fourth-order valence-corrected chi connectivity index (χ4v) is 2.36. The molecule has 1 fully saturated rings. The standard InChI is InChI=1S/C13H16ClFO2/c14-10-1-2-11(12(15)8-10)13(16)7-9-3-5-17-6-4-9/h1-2,8-9,13,16H,3-7H2. The van der Waals surface area contributed by atoms with Gasteiger partial charge in [-0.05, 0) is 37.3 Å². The molecule has 1 aliphatic rings. The average molecular weight is 259 g/mol. The van der Waals surface area contributed by atoms with E-state index in [2.05, 4.69) is 0 Å². The minimum absolute atomic E-state index is 0.334. The number of benzene rings is 1. The molecule has 0 spiro atoms. The Morgan fingerprint density at radius 3 is 2.76 bits per heavy atom. The second kappa shape index (κ2) is 5.80. The van der Waals surface area contributed by atoms with Crippen LogP contribution >= 0.6 is 11.6 Å². The predicted octanol–water partition coefficient (Wildman–Crippen LogP) is 3.33. The molecule has 1 aliphatic heterocycles. The van der Waals surface area contributed by atoms with Gasteiger partial charge in [-0.25, -0.2) is 4.39 Å². The summed E-state index contributed by atoms with van der Waals surface area (Å²) >= 11 is 5.68. The first-order valence-corrected chi connectivity index (χ1v) is 6.25. The summed E-state index contributed by atoms with van der Waals surface area (Å²) in [6.07, 6.45) is 1.70. The van der Waals surface area contributed by atoms with Gasteiger partial charge >= 0.3 is 0 Å². The van der Waals surface area contributed by atoms with Gasteiger partial charge in [0, 0.05) is 23.8 Å². The lowest BCUT2D eigenvalue weighted by molar-refractivity contribution is 0.0428. The van der Waals surface area contributed by atoms with Crippen molar-refractivity contribution in [1.29, 1.82) is 0 Å². The Hall–Kier alpha value is -0.640. The minimum Gasteiger partial charge on any atom is -0.388 e. The van der Waals surface area contributed by atoms with Gasteiger partial charge in [0.05, 0.1) is 6.10 Å². The van der Waals surface area contributed by atoms with Gasteiger partial charge in [-0.1, -0.05) is 17.7 Å². The molecule has 1 saturated heterocycles. The first-order chi connectivity index (χ1) is 8.16. The Balaban J connectivity index is 2.00. The molecule has 0 saturated carbocycles. The Labute approximate surface area is 105 Å². The molecule has 1 N–H and O–H groups in total. The third kappa shape index (κ3) is 3.41. The normalized spacial score (nSPS) is 19.2. The van der Waals surface area contributed by atoms with Crippen molar-refractivity contribution in [3.8, 4) is 0 Å². The second-order valence-corrected chi connectivity index (χ2v) is 4.91. The highest BCUT2D eigenvalue weighted by Crippen LogP contribution is 2.29. The lowest BCUT2D eigenvalue weighted by Crippen LogP contribution is -2.18. The van der Waals surface area contributed by atoms with Crippen molar-refractivity contribution in [2.75, 3.05) is 13.2 Å². The first-order valence-electron chi connectivity index (χ1n) is 5.87. The summed E-state index contributed by atoms with van der Waals surface area (Å²) in [5, 5.41) is 10.4. The summed E-state index contributed by atoms with van der Waals surface area (Å²) in [4.78, 5) is 0. The Morgan fingerprint density at radius 1 is 1.41 bits per heavy atom. The highest BCUT2D eigenvalue weighted by atomic mass is 35.5. The van der Waals surface area contributed by atoms with Gasteiger partial charge in [0.1, 0.15) is 5.82 Å². The maximum atomic E-state index is 13.6. The largest absolute Gasteiger partial charge is 0.388 e. The van der Waals surface area contributed by atoms with E-state index in [-0.39, 0.29) is 0 Å². The molecule has 0 aromatic heterocycles. The Morgan fingerprint density at radius 2 is 2.12 bits per heavy atom. The lowest BCUT2D eigenvalue weighted by Gasteiger charge is -2.24.